The number of rotatable bonds is 4. The molecule has 1 aliphatic rings. The van der Waals surface area contributed by atoms with Gasteiger partial charge >= 0.3 is 0 Å². The molecule has 0 amide bonds. The molecule has 17 heavy (non-hydrogen) atoms. The Labute approximate surface area is 112 Å². The summed E-state index contributed by atoms with van der Waals surface area (Å²) in [6, 6.07) is 4.12. The number of pyridine rings is 1. The Morgan fingerprint density at radius 2 is 2.29 bits per heavy atom. The molecule has 1 aromatic heterocycles. The van der Waals surface area contributed by atoms with Crippen molar-refractivity contribution in [1.29, 1.82) is 0 Å². The average Bonchev–Trinajstić information content (AvgIpc) is 2.84. The third-order valence-corrected chi connectivity index (χ3v) is 3.75. The lowest BCUT2D eigenvalue weighted by atomic mass is 10.2. The molecule has 1 unspecified atom stereocenters. The van der Waals surface area contributed by atoms with Crippen molar-refractivity contribution in [2.24, 2.45) is 0 Å². The van der Waals surface area contributed by atoms with E-state index in [4.69, 9.17) is 23.2 Å². The van der Waals surface area contributed by atoms with Crippen LogP contribution in [-0.2, 0) is 6.54 Å². The first kappa shape index (κ1) is 13.1. The van der Waals surface area contributed by atoms with Gasteiger partial charge in [-0.05, 0) is 31.6 Å². The standard InChI is InChI=1S/C12H17Cl2N3/c1-2-17(9-5-6-15-7-9)8-11-10(13)3-4-12(14)16-11/h3-4,9,15H,2,5-8H2,1H3. The van der Waals surface area contributed by atoms with Crippen LogP contribution in [0.3, 0.4) is 0 Å². The molecular weight excluding hydrogens is 257 g/mol. The predicted molar refractivity (Wildman–Crippen MR) is 71.6 cm³/mol. The molecule has 2 rings (SSSR count). The molecule has 1 fully saturated rings. The zero-order valence-electron chi connectivity index (χ0n) is 9.92. The molecule has 5 heteroatoms. The molecule has 0 bridgehead atoms. The number of likely N-dealkylation sites (N-methyl/N-ethyl adjacent to an activating group) is 1. The first-order chi connectivity index (χ1) is 8.20. The third kappa shape index (κ3) is 3.32. The highest BCUT2D eigenvalue weighted by Crippen LogP contribution is 2.20. The maximum atomic E-state index is 6.14. The lowest BCUT2D eigenvalue weighted by molar-refractivity contribution is 0.208. The van der Waals surface area contributed by atoms with Crippen LogP contribution in [0.1, 0.15) is 19.0 Å². The molecule has 0 aromatic carbocycles. The minimum atomic E-state index is 0.505. The Bertz CT molecular complexity index is 378. The third-order valence-electron chi connectivity index (χ3n) is 3.19. The molecular formula is C12H17Cl2N3. The van der Waals surface area contributed by atoms with E-state index in [9.17, 15) is 0 Å². The summed E-state index contributed by atoms with van der Waals surface area (Å²) in [7, 11) is 0. The number of aromatic nitrogens is 1. The largest absolute Gasteiger partial charge is 0.315 e. The fourth-order valence-electron chi connectivity index (χ4n) is 2.21. The minimum absolute atomic E-state index is 0.505. The van der Waals surface area contributed by atoms with Crippen LogP contribution in [0.2, 0.25) is 10.2 Å². The van der Waals surface area contributed by atoms with Crippen LogP contribution in [0.25, 0.3) is 0 Å². The normalized spacial score (nSPS) is 20.1. The van der Waals surface area contributed by atoms with Gasteiger partial charge in [-0.15, -0.1) is 0 Å². The van der Waals surface area contributed by atoms with Gasteiger partial charge in [0.15, 0.2) is 0 Å². The van der Waals surface area contributed by atoms with E-state index in [1.54, 1.807) is 6.07 Å². The van der Waals surface area contributed by atoms with E-state index in [1.807, 2.05) is 6.07 Å². The molecule has 2 heterocycles. The SMILES string of the molecule is CCN(Cc1nc(Cl)ccc1Cl)C1CCNC1. The molecule has 1 atom stereocenters. The Morgan fingerprint density at radius 3 is 2.94 bits per heavy atom. The molecule has 0 radical (unpaired) electrons. The monoisotopic (exact) mass is 273 g/mol. The second-order valence-corrected chi connectivity index (χ2v) is 5.07. The van der Waals surface area contributed by atoms with Crippen LogP contribution in [0, 0.1) is 0 Å². The summed E-state index contributed by atoms with van der Waals surface area (Å²) in [6.45, 7) is 6.07. The topological polar surface area (TPSA) is 28.2 Å². The zero-order valence-corrected chi connectivity index (χ0v) is 11.4. The van der Waals surface area contributed by atoms with Gasteiger partial charge in [0.05, 0.1) is 10.7 Å². The van der Waals surface area contributed by atoms with Crippen LogP contribution in [0.4, 0.5) is 0 Å². The molecule has 94 valence electrons. The van der Waals surface area contributed by atoms with Gasteiger partial charge in [-0.3, -0.25) is 4.90 Å². The molecule has 1 aromatic rings. The maximum absolute atomic E-state index is 6.14. The Kier molecular flexibility index (Phi) is 4.62. The zero-order chi connectivity index (χ0) is 12.3. The fraction of sp³-hybridized carbons (Fsp3) is 0.583. The second kappa shape index (κ2) is 6.01. The highest BCUT2D eigenvalue weighted by atomic mass is 35.5. The molecule has 0 spiro atoms. The number of hydrogen-bond donors (Lipinski definition) is 1. The lowest BCUT2D eigenvalue weighted by Gasteiger charge is -2.26. The summed E-state index contributed by atoms with van der Waals surface area (Å²) >= 11 is 12.0. The van der Waals surface area contributed by atoms with E-state index < -0.39 is 0 Å². The van der Waals surface area contributed by atoms with Gasteiger partial charge in [-0.2, -0.15) is 0 Å². The Hall–Kier alpha value is -0.350. The van der Waals surface area contributed by atoms with Gasteiger partial charge in [0, 0.05) is 19.1 Å². The molecule has 0 saturated carbocycles. The van der Waals surface area contributed by atoms with Crippen molar-refractivity contribution in [3.05, 3.63) is 28.0 Å². The van der Waals surface area contributed by atoms with E-state index in [2.05, 4.69) is 22.1 Å². The summed E-state index contributed by atoms with van der Waals surface area (Å²) in [6.07, 6.45) is 1.19. The van der Waals surface area contributed by atoms with Crippen LogP contribution in [-0.4, -0.2) is 35.6 Å². The fourth-order valence-corrected chi connectivity index (χ4v) is 2.54. The van der Waals surface area contributed by atoms with Crippen LogP contribution >= 0.6 is 23.2 Å². The van der Waals surface area contributed by atoms with Gasteiger partial charge in [0.25, 0.3) is 0 Å². The van der Waals surface area contributed by atoms with E-state index in [0.717, 1.165) is 31.9 Å². The van der Waals surface area contributed by atoms with E-state index in [1.165, 1.54) is 6.42 Å². The number of halogens is 2. The summed E-state index contributed by atoms with van der Waals surface area (Å²) in [5, 5.41) is 4.58. The van der Waals surface area contributed by atoms with Crippen LogP contribution in [0.5, 0.6) is 0 Å². The van der Waals surface area contributed by atoms with Gasteiger partial charge in [0.2, 0.25) is 0 Å². The summed E-state index contributed by atoms with van der Waals surface area (Å²) in [5.74, 6) is 0. The van der Waals surface area contributed by atoms with E-state index >= 15 is 0 Å². The maximum Gasteiger partial charge on any atom is 0.129 e. The number of nitrogens with zero attached hydrogens (tertiary/aromatic N) is 2. The smallest absolute Gasteiger partial charge is 0.129 e. The molecule has 1 aliphatic heterocycles. The van der Waals surface area contributed by atoms with Crippen molar-refractivity contribution >= 4 is 23.2 Å². The predicted octanol–water partition coefficient (Wildman–Crippen LogP) is 2.57. The van der Waals surface area contributed by atoms with Gasteiger partial charge in [-0.25, -0.2) is 4.98 Å². The van der Waals surface area contributed by atoms with Crippen LogP contribution in [0.15, 0.2) is 12.1 Å². The number of nitrogens with one attached hydrogen (secondary N) is 1. The van der Waals surface area contributed by atoms with Gasteiger partial charge < -0.3 is 5.32 Å². The molecule has 0 aliphatic carbocycles. The van der Waals surface area contributed by atoms with Crippen molar-refractivity contribution in [3.63, 3.8) is 0 Å². The first-order valence-corrected chi connectivity index (χ1v) is 6.72. The average molecular weight is 274 g/mol. The van der Waals surface area contributed by atoms with E-state index in [-0.39, 0.29) is 0 Å². The first-order valence-electron chi connectivity index (χ1n) is 5.96. The van der Waals surface area contributed by atoms with Crippen molar-refractivity contribution in [2.75, 3.05) is 19.6 Å². The summed E-state index contributed by atoms with van der Waals surface area (Å²) < 4.78 is 0. The number of hydrogen-bond acceptors (Lipinski definition) is 3. The van der Waals surface area contributed by atoms with E-state index in [0.29, 0.717) is 16.2 Å². The molecule has 3 nitrogen and oxygen atoms in total. The van der Waals surface area contributed by atoms with Gasteiger partial charge in [-0.1, -0.05) is 30.1 Å². The van der Waals surface area contributed by atoms with Crippen molar-refractivity contribution < 1.29 is 0 Å². The quantitative estimate of drug-likeness (QED) is 0.855. The molecule has 1 saturated heterocycles. The van der Waals surface area contributed by atoms with Gasteiger partial charge in [0.1, 0.15) is 5.15 Å². The molecule has 1 N–H and O–H groups in total. The second-order valence-electron chi connectivity index (χ2n) is 4.27. The van der Waals surface area contributed by atoms with Crippen molar-refractivity contribution in [1.82, 2.24) is 15.2 Å². The Balaban J connectivity index is 2.09. The minimum Gasteiger partial charge on any atom is -0.315 e. The van der Waals surface area contributed by atoms with Crippen molar-refractivity contribution in [3.8, 4) is 0 Å². The van der Waals surface area contributed by atoms with Crippen molar-refractivity contribution in [2.45, 2.75) is 25.9 Å². The highest BCUT2D eigenvalue weighted by Gasteiger charge is 2.22. The Morgan fingerprint density at radius 1 is 1.47 bits per heavy atom. The van der Waals surface area contributed by atoms with Crippen LogP contribution < -0.4 is 5.32 Å². The highest BCUT2D eigenvalue weighted by molar-refractivity contribution is 6.32. The summed E-state index contributed by atoms with van der Waals surface area (Å²) in [5.41, 5.74) is 0.868. The lowest BCUT2D eigenvalue weighted by Crippen LogP contribution is -2.36. The summed E-state index contributed by atoms with van der Waals surface area (Å²) in [4.78, 5) is 6.70.